The largest absolute Gasteiger partial charge is 0.382 e. The number of amides is 1. The lowest BCUT2D eigenvalue weighted by Crippen LogP contribution is -2.43. The second-order valence-corrected chi connectivity index (χ2v) is 7.09. The molecule has 0 aliphatic carbocycles. The van der Waals surface area contributed by atoms with Crippen LogP contribution in [-0.4, -0.2) is 87.7 Å². The van der Waals surface area contributed by atoms with Crippen LogP contribution in [0, 0.1) is 0 Å². The fourth-order valence-electron chi connectivity index (χ4n) is 2.93. The second-order valence-electron chi connectivity index (χ2n) is 7.09. The third-order valence-electron chi connectivity index (χ3n) is 4.70. The fourth-order valence-corrected chi connectivity index (χ4v) is 2.93. The zero-order valence-corrected chi connectivity index (χ0v) is 17.2. The van der Waals surface area contributed by atoms with E-state index in [-0.39, 0.29) is 12.5 Å². The summed E-state index contributed by atoms with van der Waals surface area (Å²) in [6, 6.07) is 0.574. The molecule has 1 aliphatic heterocycles. The number of ether oxygens (including phenoxy) is 1. The zero-order valence-electron chi connectivity index (χ0n) is 17.2. The molecule has 1 aliphatic rings. The van der Waals surface area contributed by atoms with Crippen molar-refractivity contribution in [2.24, 2.45) is 4.99 Å². The molecule has 152 valence electrons. The number of nitrogens with zero attached hydrogens (tertiary/aromatic N) is 3. The Morgan fingerprint density at radius 3 is 2.54 bits per heavy atom. The van der Waals surface area contributed by atoms with Crippen molar-refractivity contribution in [3.05, 3.63) is 0 Å². The molecule has 0 radical (unpaired) electrons. The molecule has 0 spiro atoms. The van der Waals surface area contributed by atoms with Gasteiger partial charge in [0.15, 0.2) is 5.96 Å². The maximum atomic E-state index is 11.8. The summed E-state index contributed by atoms with van der Waals surface area (Å²) in [5.74, 6) is 0.713. The molecule has 0 bridgehead atoms. The summed E-state index contributed by atoms with van der Waals surface area (Å²) in [4.78, 5) is 20.3. The van der Waals surface area contributed by atoms with Gasteiger partial charge >= 0.3 is 0 Å². The number of likely N-dealkylation sites (N-methyl/N-ethyl adjacent to an activating group) is 1. The third kappa shape index (κ3) is 9.97. The SMILES string of the molecule is CCOCCCNC(=NCC(=O)N(C)C)NCCC(C)N1CCCCC1. The van der Waals surface area contributed by atoms with Crippen molar-refractivity contribution < 1.29 is 9.53 Å². The predicted molar refractivity (Wildman–Crippen MR) is 108 cm³/mol. The van der Waals surface area contributed by atoms with Gasteiger partial charge < -0.3 is 25.2 Å². The van der Waals surface area contributed by atoms with E-state index in [1.54, 1.807) is 19.0 Å². The third-order valence-corrected chi connectivity index (χ3v) is 4.70. The second kappa shape index (κ2) is 13.8. The Bertz CT molecular complexity index is 409. The molecular formula is C19H39N5O2. The fraction of sp³-hybridized carbons (Fsp3) is 0.895. The molecule has 0 aromatic rings. The number of aliphatic imine (C=N–C) groups is 1. The average molecular weight is 370 g/mol. The summed E-state index contributed by atoms with van der Waals surface area (Å²) in [7, 11) is 3.50. The Morgan fingerprint density at radius 1 is 1.19 bits per heavy atom. The summed E-state index contributed by atoms with van der Waals surface area (Å²) >= 11 is 0. The number of likely N-dealkylation sites (tertiary alicyclic amines) is 1. The number of nitrogens with one attached hydrogen (secondary N) is 2. The van der Waals surface area contributed by atoms with Crippen LogP contribution in [0.4, 0.5) is 0 Å². The molecule has 1 rings (SSSR count). The van der Waals surface area contributed by atoms with Crippen molar-refractivity contribution in [1.29, 1.82) is 0 Å². The molecular weight excluding hydrogens is 330 g/mol. The van der Waals surface area contributed by atoms with E-state index in [0.717, 1.165) is 39.1 Å². The molecule has 2 N–H and O–H groups in total. The minimum Gasteiger partial charge on any atom is -0.382 e. The van der Waals surface area contributed by atoms with Gasteiger partial charge in [-0.1, -0.05) is 6.42 Å². The number of rotatable bonds is 11. The molecule has 1 heterocycles. The summed E-state index contributed by atoms with van der Waals surface area (Å²) in [5.41, 5.74) is 0. The molecule has 0 aromatic heterocycles. The van der Waals surface area contributed by atoms with Crippen molar-refractivity contribution in [2.45, 2.75) is 52.0 Å². The van der Waals surface area contributed by atoms with Gasteiger partial charge in [0.1, 0.15) is 6.54 Å². The maximum absolute atomic E-state index is 11.8. The van der Waals surface area contributed by atoms with Gasteiger partial charge in [0.25, 0.3) is 0 Å². The van der Waals surface area contributed by atoms with Gasteiger partial charge in [0.2, 0.25) is 5.91 Å². The molecule has 7 heteroatoms. The van der Waals surface area contributed by atoms with Gasteiger partial charge in [0.05, 0.1) is 0 Å². The number of hydrogen-bond acceptors (Lipinski definition) is 4. The smallest absolute Gasteiger partial charge is 0.243 e. The Balaban J connectivity index is 2.38. The van der Waals surface area contributed by atoms with E-state index in [1.165, 1.54) is 32.4 Å². The van der Waals surface area contributed by atoms with Crippen LogP contribution >= 0.6 is 0 Å². The Hall–Kier alpha value is -1.34. The van der Waals surface area contributed by atoms with E-state index in [1.807, 2.05) is 6.92 Å². The van der Waals surface area contributed by atoms with Crippen LogP contribution in [0.15, 0.2) is 4.99 Å². The number of carbonyl (C=O) groups excluding carboxylic acids is 1. The van der Waals surface area contributed by atoms with Crippen LogP contribution in [0.2, 0.25) is 0 Å². The van der Waals surface area contributed by atoms with Gasteiger partial charge in [-0.15, -0.1) is 0 Å². The number of guanidine groups is 1. The van der Waals surface area contributed by atoms with E-state index >= 15 is 0 Å². The molecule has 0 saturated carbocycles. The lowest BCUT2D eigenvalue weighted by atomic mass is 10.1. The van der Waals surface area contributed by atoms with Crippen molar-refractivity contribution in [3.63, 3.8) is 0 Å². The van der Waals surface area contributed by atoms with Crippen molar-refractivity contribution in [3.8, 4) is 0 Å². The number of piperidine rings is 1. The van der Waals surface area contributed by atoms with Crippen LogP contribution < -0.4 is 10.6 Å². The van der Waals surface area contributed by atoms with Crippen LogP contribution in [0.5, 0.6) is 0 Å². The van der Waals surface area contributed by atoms with Gasteiger partial charge in [-0.25, -0.2) is 4.99 Å². The Morgan fingerprint density at radius 2 is 1.88 bits per heavy atom. The maximum Gasteiger partial charge on any atom is 0.243 e. The van der Waals surface area contributed by atoms with Gasteiger partial charge in [-0.05, 0) is 52.6 Å². The summed E-state index contributed by atoms with van der Waals surface area (Å²) in [6.45, 7) is 10.0. The highest BCUT2D eigenvalue weighted by molar-refractivity contribution is 5.84. The highest BCUT2D eigenvalue weighted by Gasteiger charge is 2.16. The average Bonchev–Trinajstić information content (AvgIpc) is 2.65. The van der Waals surface area contributed by atoms with Gasteiger partial charge in [-0.3, -0.25) is 4.79 Å². The van der Waals surface area contributed by atoms with Crippen LogP contribution in [-0.2, 0) is 9.53 Å². The van der Waals surface area contributed by atoms with Crippen LogP contribution in [0.1, 0.15) is 46.0 Å². The predicted octanol–water partition coefficient (Wildman–Crippen LogP) is 1.30. The van der Waals surface area contributed by atoms with Crippen molar-refractivity contribution in [1.82, 2.24) is 20.4 Å². The van der Waals surface area contributed by atoms with Gasteiger partial charge in [-0.2, -0.15) is 0 Å². The van der Waals surface area contributed by atoms with Crippen LogP contribution in [0.25, 0.3) is 0 Å². The zero-order chi connectivity index (χ0) is 19.2. The van der Waals surface area contributed by atoms with E-state index in [2.05, 4.69) is 27.4 Å². The number of hydrogen-bond donors (Lipinski definition) is 2. The first-order chi connectivity index (χ1) is 12.5. The quantitative estimate of drug-likeness (QED) is 0.326. The summed E-state index contributed by atoms with van der Waals surface area (Å²) in [6.07, 6.45) is 5.99. The lowest BCUT2D eigenvalue weighted by molar-refractivity contribution is -0.127. The molecule has 1 saturated heterocycles. The first kappa shape index (κ1) is 22.7. The van der Waals surface area contributed by atoms with E-state index < -0.39 is 0 Å². The summed E-state index contributed by atoms with van der Waals surface area (Å²) in [5, 5.41) is 6.68. The van der Waals surface area contributed by atoms with E-state index in [4.69, 9.17) is 4.74 Å². The summed E-state index contributed by atoms with van der Waals surface area (Å²) < 4.78 is 5.36. The Labute approximate surface area is 159 Å². The minimum atomic E-state index is 0.00195. The van der Waals surface area contributed by atoms with Crippen LogP contribution in [0.3, 0.4) is 0 Å². The number of carbonyl (C=O) groups is 1. The molecule has 1 unspecified atom stereocenters. The molecule has 1 atom stereocenters. The first-order valence-corrected chi connectivity index (χ1v) is 10.1. The normalized spacial score (nSPS) is 17.0. The topological polar surface area (TPSA) is 69.2 Å². The minimum absolute atomic E-state index is 0.00195. The standard InChI is InChI=1S/C19H39N5O2/c1-5-26-15-9-11-20-19(22-16-18(25)23(3)4)21-12-10-17(2)24-13-7-6-8-14-24/h17H,5-16H2,1-4H3,(H2,20,21,22). The molecule has 1 fully saturated rings. The molecule has 1 amide bonds. The molecule has 7 nitrogen and oxygen atoms in total. The first-order valence-electron chi connectivity index (χ1n) is 10.1. The van der Waals surface area contributed by atoms with Crippen molar-refractivity contribution >= 4 is 11.9 Å². The highest BCUT2D eigenvalue weighted by atomic mass is 16.5. The molecule has 0 aromatic carbocycles. The molecule has 26 heavy (non-hydrogen) atoms. The van der Waals surface area contributed by atoms with Gasteiger partial charge in [0, 0.05) is 46.4 Å². The highest BCUT2D eigenvalue weighted by Crippen LogP contribution is 2.13. The van der Waals surface area contributed by atoms with Crippen molar-refractivity contribution in [2.75, 3.05) is 60.0 Å². The van der Waals surface area contributed by atoms with E-state index in [9.17, 15) is 4.79 Å². The Kier molecular flexibility index (Phi) is 12.1. The van der Waals surface area contributed by atoms with E-state index in [0.29, 0.717) is 12.0 Å². The lowest BCUT2D eigenvalue weighted by Gasteiger charge is -2.32. The monoisotopic (exact) mass is 369 g/mol.